The molecule has 108 valence electrons. The summed E-state index contributed by atoms with van der Waals surface area (Å²) in [7, 11) is 0. The summed E-state index contributed by atoms with van der Waals surface area (Å²) in [6, 6.07) is 3.20. The van der Waals surface area contributed by atoms with Gasteiger partial charge in [0.1, 0.15) is 5.54 Å². The molecular weight excluding hydrogens is 300 g/mol. The van der Waals surface area contributed by atoms with Crippen molar-refractivity contribution in [2.45, 2.75) is 18.9 Å². The smallest absolute Gasteiger partial charge is 0.330 e. The third kappa shape index (κ3) is 3.13. The van der Waals surface area contributed by atoms with E-state index in [4.69, 9.17) is 0 Å². The Hall–Kier alpha value is -1.54. The molecule has 0 radical (unpaired) electrons. The molecule has 1 saturated heterocycles. The average Bonchev–Trinajstić information content (AvgIpc) is 2.98. The Kier molecular flexibility index (Phi) is 4.34. The van der Waals surface area contributed by atoms with Gasteiger partial charge in [0.2, 0.25) is 5.91 Å². The molecule has 0 bridgehead atoms. The van der Waals surface area contributed by atoms with Crippen molar-refractivity contribution in [3.63, 3.8) is 0 Å². The van der Waals surface area contributed by atoms with Gasteiger partial charge in [-0.1, -0.05) is 0 Å². The standard InChI is InChI=1S/C12H14N2O4S2/c1-7(15)13-9-3-2-8(20-9)10(16)14-12(11(17)18)4-5-19-6-12/h2-3H,4-6H2,1H3,(H,13,15)(H,14,16)(H,17,18). The summed E-state index contributed by atoms with van der Waals surface area (Å²) in [4.78, 5) is 34.8. The molecule has 6 nitrogen and oxygen atoms in total. The number of hydrogen-bond acceptors (Lipinski definition) is 5. The zero-order valence-corrected chi connectivity index (χ0v) is 12.4. The van der Waals surface area contributed by atoms with Crippen LogP contribution in [0.3, 0.4) is 0 Å². The van der Waals surface area contributed by atoms with Crippen molar-refractivity contribution in [1.29, 1.82) is 0 Å². The zero-order valence-electron chi connectivity index (χ0n) is 10.8. The van der Waals surface area contributed by atoms with Gasteiger partial charge in [-0.15, -0.1) is 11.3 Å². The molecule has 0 aromatic carbocycles. The van der Waals surface area contributed by atoms with Crippen LogP contribution in [0.5, 0.6) is 0 Å². The summed E-state index contributed by atoms with van der Waals surface area (Å²) >= 11 is 2.63. The fourth-order valence-corrected chi connectivity index (χ4v) is 4.04. The van der Waals surface area contributed by atoms with Crippen molar-refractivity contribution in [2.75, 3.05) is 16.8 Å². The van der Waals surface area contributed by atoms with Crippen LogP contribution in [0, 0.1) is 0 Å². The second-order valence-electron chi connectivity index (χ2n) is 4.49. The predicted molar refractivity (Wildman–Crippen MR) is 78.4 cm³/mol. The second kappa shape index (κ2) is 5.84. The summed E-state index contributed by atoms with van der Waals surface area (Å²) in [5, 5.41) is 15.1. The maximum absolute atomic E-state index is 12.1. The van der Waals surface area contributed by atoms with E-state index < -0.39 is 17.4 Å². The number of amides is 2. The lowest BCUT2D eigenvalue weighted by Crippen LogP contribution is -2.54. The van der Waals surface area contributed by atoms with Crippen molar-refractivity contribution >= 4 is 45.9 Å². The summed E-state index contributed by atoms with van der Waals surface area (Å²) in [6.45, 7) is 1.38. The molecule has 0 spiro atoms. The molecule has 1 fully saturated rings. The number of thioether (sulfide) groups is 1. The number of thiophene rings is 1. The van der Waals surface area contributed by atoms with E-state index in [1.54, 1.807) is 12.1 Å². The van der Waals surface area contributed by atoms with E-state index >= 15 is 0 Å². The Balaban J connectivity index is 2.09. The number of carboxylic acids is 1. The minimum atomic E-state index is -1.18. The van der Waals surface area contributed by atoms with Crippen LogP contribution in [-0.2, 0) is 9.59 Å². The molecule has 1 aliphatic heterocycles. The van der Waals surface area contributed by atoms with E-state index in [-0.39, 0.29) is 5.91 Å². The van der Waals surface area contributed by atoms with Gasteiger partial charge >= 0.3 is 5.97 Å². The first-order valence-electron chi connectivity index (χ1n) is 5.94. The van der Waals surface area contributed by atoms with E-state index in [9.17, 15) is 19.5 Å². The molecule has 3 N–H and O–H groups in total. The summed E-state index contributed by atoms with van der Waals surface area (Å²) in [5.74, 6) is -0.550. The number of carbonyl (C=O) groups excluding carboxylic acids is 2. The first kappa shape index (κ1) is 14.9. The van der Waals surface area contributed by atoms with Gasteiger partial charge < -0.3 is 15.7 Å². The van der Waals surface area contributed by atoms with E-state index in [1.165, 1.54) is 18.7 Å². The van der Waals surface area contributed by atoms with Crippen LogP contribution in [0.25, 0.3) is 0 Å². The number of aliphatic carboxylic acids is 1. The molecule has 1 aromatic heterocycles. The molecule has 1 unspecified atom stereocenters. The lowest BCUT2D eigenvalue weighted by atomic mass is 9.99. The molecule has 1 aliphatic rings. The van der Waals surface area contributed by atoms with E-state index in [1.807, 2.05) is 0 Å². The SMILES string of the molecule is CC(=O)Nc1ccc(C(=O)NC2(C(=O)O)CCSC2)s1. The van der Waals surface area contributed by atoms with Gasteiger partial charge in [0.15, 0.2) is 0 Å². The Bertz CT molecular complexity index is 549. The highest BCUT2D eigenvalue weighted by Gasteiger charge is 2.43. The van der Waals surface area contributed by atoms with Crippen LogP contribution in [-0.4, -0.2) is 39.9 Å². The topological polar surface area (TPSA) is 95.5 Å². The predicted octanol–water partition coefficient (Wildman–Crippen LogP) is 1.40. The number of hydrogen-bond donors (Lipinski definition) is 3. The lowest BCUT2D eigenvalue weighted by Gasteiger charge is -2.24. The number of rotatable bonds is 4. The minimum Gasteiger partial charge on any atom is -0.479 e. The highest BCUT2D eigenvalue weighted by molar-refractivity contribution is 7.99. The Morgan fingerprint density at radius 1 is 1.35 bits per heavy atom. The molecule has 2 heterocycles. The van der Waals surface area contributed by atoms with Crippen molar-refractivity contribution in [3.8, 4) is 0 Å². The first-order valence-corrected chi connectivity index (χ1v) is 7.91. The van der Waals surface area contributed by atoms with Crippen molar-refractivity contribution in [3.05, 3.63) is 17.0 Å². The summed E-state index contributed by atoms with van der Waals surface area (Å²) in [5.41, 5.74) is -1.18. The summed E-state index contributed by atoms with van der Waals surface area (Å²) in [6.07, 6.45) is 0.419. The first-order chi connectivity index (χ1) is 9.43. The van der Waals surface area contributed by atoms with E-state index in [0.29, 0.717) is 27.8 Å². The fourth-order valence-electron chi connectivity index (χ4n) is 1.87. The van der Waals surface area contributed by atoms with Crippen molar-refractivity contribution < 1.29 is 19.5 Å². The molecule has 0 saturated carbocycles. The van der Waals surface area contributed by atoms with Crippen molar-refractivity contribution in [1.82, 2.24) is 5.32 Å². The van der Waals surface area contributed by atoms with Crippen LogP contribution in [0.2, 0.25) is 0 Å². The normalized spacial score (nSPS) is 21.4. The largest absolute Gasteiger partial charge is 0.479 e. The lowest BCUT2D eigenvalue weighted by molar-refractivity contribution is -0.143. The van der Waals surface area contributed by atoms with Crippen LogP contribution >= 0.6 is 23.1 Å². The number of carboxylic acid groups (broad SMARTS) is 1. The third-order valence-corrected chi connectivity index (χ3v) is 5.10. The maximum Gasteiger partial charge on any atom is 0.330 e. The molecule has 1 atom stereocenters. The molecule has 2 amide bonds. The molecule has 0 aliphatic carbocycles. The van der Waals surface area contributed by atoms with Crippen LogP contribution in [0.4, 0.5) is 5.00 Å². The van der Waals surface area contributed by atoms with Gasteiger partial charge in [-0.25, -0.2) is 4.79 Å². The van der Waals surface area contributed by atoms with Crippen molar-refractivity contribution in [2.24, 2.45) is 0 Å². The number of anilines is 1. The van der Waals surface area contributed by atoms with Crippen LogP contribution in [0.15, 0.2) is 12.1 Å². The highest BCUT2D eigenvalue weighted by Crippen LogP contribution is 2.29. The maximum atomic E-state index is 12.1. The quantitative estimate of drug-likeness (QED) is 0.780. The average molecular weight is 314 g/mol. The molecule has 2 rings (SSSR count). The summed E-state index contributed by atoms with van der Waals surface area (Å²) < 4.78 is 0. The van der Waals surface area contributed by atoms with Crippen LogP contribution < -0.4 is 10.6 Å². The van der Waals surface area contributed by atoms with Gasteiger partial charge in [0.25, 0.3) is 5.91 Å². The Morgan fingerprint density at radius 3 is 2.65 bits per heavy atom. The molecule has 8 heteroatoms. The number of carbonyl (C=O) groups is 3. The van der Waals surface area contributed by atoms with Gasteiger partial charge in [-0.3, -0.25) is 9.59 Å². The minimum absolute atomic E-state index is 0.215. The Morgan fingerprint density at radius 2 is 2.10 bits per heavy atom. The van der Waals surface area contributed by atoms with Gasteiger partial charge in [-0.2, -0.15) is 11.8 Å². The Labute approximate surface area is 123 Å². The fraction of sp³-hybridized carbons (Fsp3) is 0.417. The number of nitrogens with one attached hydrogen (secondary N) is 2. The molecule has 1 aromatic rings. The van der Waals surface area contributed by atoms with Crippen LogP contribution in [0.1, 0.15) is 23.0 Å². The second-order valence-corrected chi connectivity index (χ2v) is 6.68. The van der Waals surface area contributed by atoms with E-state index in [0.717, 1.165) is 11.3 Å². The molecular formula is C12H14N2O4S2. The van der Waals surface area contributed by atoms with Gasteiger partial charge in [0.05, 0.1) is 9.88 Å². The zero-order chi connectivity index (χ0) is 14.8. The highest BCUT2D eigenvalue weighted by atomic mass is 32.2. The third-order valence-electron chi connectivity index (χ3n) is 2.91. The monoisotopic (exact) mass is 314 g/mol. The van der Waals surface area contributed by atoms with E-state index in [2.05, 4.69) is 10.6 Å². The van der Waals surface area contributed by atoms with Gasteiger partial charge in [-0.05, 0) is 24.3 Å². The van der Waals surface area contributed by atoms with Gasteiger partial charge in [0, 0.05) is 12.7 Å². The molecule has 20 heavy (non-hydrogen) atoms.